The van der Waals surface area contributed by atoms with Gasteiger partial charge in [-0.25, -0.2) is 3.97 Å². The van der Waals surface area contributed by atoms with E-state index < -0.39 is 23.3 Å². The molecular formula is C15H26O7P2S. The Morgan fingerprint density at radius 3 is 1.88 bits per heavy atom. The minimum absolute atomic E-state index is 0.245. The molecule has 2 atom stereocenters. The van der Waals surface area contributed by atoms with Crippen LogP contribution in [0.4, 0.5) is 0 Å². The number of hydrogen-bond donors (Lipinski definition) is 2. The summed E-state index contributed by atoms with van der Waals surface area (Å²) < 4.78 is 36.1. The van der Waals surface area contributed by atoms with Gasteiger partial charge in [0.05, 0.1) is 0 Å². The molecule has 0 saturated carbocycles. The summed E-state index contributed by atoms with van der Waals surface area (Å²) in [7, 11) is -6.03. The number of phenols is 1. The molecular weight excluding hydrogens is 386 g/mol. The molecule has 0 aromatic heterocycles. The smallest absolute Gasteiger partial charge is 0.332 e. The van der Waals surface area contributed by atoms with Gasteiger partial charge in [0.1, 0.15) is 5.75 Å². The molecule has 1 rings (SSSR count). The van der Waals surface area contributed by atoms with Crippen LogP contribution >= 0.6 is 28.6 Å². The second-order valence-electron chi connectivity index (χ2n) is 7.46. The summed E-state index contributed by atoms with van der Waals surface area (Å²) in [5.41, 5.74) is 0.941. The monoisotopic (exact) mass is 412 g/mol. The van der Waals surface area contributed by atoms with Crippen LogP contribution in [0.1, 0.15) is 52.7 Å². The van der Waals surface area contributed by atoms with Crippen molar-refractivity contribution in [3.63, 3.8) is 0 Å². The summed E-state index contributed by atoms with van der Waals surface area (Å²) in [5, 5.41) is 10.6. The molecule has 7 nitrogen and oxygen atoms in total. The van der Waals surface area contributed by atoms with E-state index in [0.717, 1.165) is 23.2 Å². The van der Waals surface area contributed by atoms with Gasteiger partial charge in [-0.05, 0) is 23.0 Å². The molecule has 0 aliphatic heterocycles. The molecule has 144 valence electrons. The summed E-state index contributed by atoms with van der Waals surface area (Å²) in [6.07, 6.45) is 0. The molecule has 0 heterocycles. The molecule has 0 bridgehead atoms. The summed E-state index contributed by atoms with van der Waals surface area (Å²) in [5.74, 6) is 0.245. The largest absolute Gasteiger partial charge is 0.507 e. The lowest BCUT2D eigenvalue weighted by Crippen LogP contribution is -2.17. The number of aromatic hydroxyl groups is 1. The van der Waals surface area contributed by atoms with E-state index in [0.29, 0.717) is 4.90 Å². The zero-order chi connectivity index (χ0) is 19.4. The van der Waals surface area contributed by atoms with Crippen LogP contribution in [0, 0.1) is 0 Å². The van der Waals surface area contributed by atoms with Crippen molar-refractivity contribution >= 4 is 28.6 Å². The van der Waals surface area contributed by atoms with Crippen LogP contribution in [0.5, 0.6) is 5.75 Å². The lowest BCUT2D eigenvalue weighted by Gasteiger charge is -2.27. The van der Waals surface area contributed by atoms with Gasteiger partial charge in [0.2, 0.25) is 0 Å². The van der Waals surface area contributed by atoms with E-state index in [2.05, 4.69) is 4.52 Å². The Morgan fingerprint density at radius 2 is 1.48 bits per heavy atom. The second kappa shape index (κ2) is 9.05. The van der Waals surface area contributed by atoms with E-state index in [1.807, 2.05) is 41.5 Å². The van der Waals surface area contributed by atoms with Crippen molar-refractivity contribution < 1.29 is 32.1 Å². The molecule has 1 aromatic rings. The third-order valence-corrected chi connectivity index (χ3v) is 5.29. The van der Waals surface area contributed by atoms with Crippen LogP contribution in [-0.4, -0.2) is 16.8 Å². The topological polar surface area (TPSA) is 102 Å². The van der Waals surface area contributed by atoms with Crippen LogP contribution in [-0.2, 0) is 33.0 Å². The summed E-state index contributed by atoms with van der Waals surface area (Å²) in [6.45, 7) is 11.4. The minimum atomic E-state index is -3.13. The Labute approximate surface area is 154 Å². The maximum absolute atomic E-state index is 11.6. The predicted octanol–water partition coefficient (Wildman–Crippen LogP) is 4.77. The van der Waals surface area contributed by atoms with Crippen molar-refractivity contribution in [1.29, 1.82) is 0 Å². The third-order valence-electron chi connectivity index (χ3n) is 3.26. The van der Waals surface area contributed by atoms with Gasteiger partial charge in [-0.15, -0.1) is 0 Å². The number of phenolic OH excluding ortho intramolecular Hbond substituents is 1. The molecule has 25 heavy (non-hydrogen) atoms. The first-order valence-corrected chi connectivity index (χ1v) is 10.8. The highest BCUT2D eigenvalue weighted by Gasteiger charge is 2.26. The van der Waals surface area contributed by atoms with E-state index in [9.17, 15) is 14.2 Å². The quantitative estimate of drug-likeness (QED) is 0.375. The van der Waals surface area contributed by atoms with Crippen molar-refractivity contribution in [2.75, 3.05) is 6.79 Å². The first-order valence-electron chi connectivity index (χ1n) is 7.57. The van der Waals surface area contributed by atoms with Gasteiger partial charge in [-0.1, -0.05) is 41.5 Å². The lowest BCUT2D eigenvalue weighted by atomic mass is 9.79. The number of hydrogen-bond acceptors (Lipinski definition) is 7. The van der Waals surface area contributed by atoms with Crippen molar-refractivity contribution in [1.82, 2.24) is 0 Å². The first kappa shape index (κ1) is 22.7. The van der Waals surface area contributed by atoms with Crippen molar-refractivity contribution in [2.24, 2.45) is 0 Å². The molecule has 0 saturated heterocycles. The highest BCUT2D eigenvalue weighted by molar-refractivity contribution is 7.97. The minimum Gasteiger partial charge on any atom is -0.507 e. The molecule has 0 aliphatic rings. The van der Waals surface area contributed by atoms with Gasteiger partial charge in [-0.2, -0.15) is 0 Å². The Morgan fingerprint density at radius 1 is 1.00 bits per heavy atom. The van der Waals surface area contributed by atoms with Crippen LogP contribution in [0.3, 0.4) is 0 Å². The van der Waals surface area contributed by atoms with Gasteiger partial charge in [-0.3, -0.25) is 18.2 Å². The van der Waals surface area contributed by atoms with Gasteiger partial charge in [0.15, 0.2) is 6.79 Å². The van der Waals surface area contributed by atoms with Gasteiger partial charge in [0.25, 0.3) is 0 Å². The van der Waals surface area contributed by atoms with E-state index in [1.165, 1.54) is 0 Å². The Balaban J connectivity index is 2.96. The normalized spacial score (nSPS) is 15.2. The van der Waals surface area contributed by atoms with Crippen LogP contribution in [0.25, 0.3) is 0 Å². The van der Waals surface area contributed by atoms with Crippen molar-refractivity contribution in [2.45, 2.75) is 57.3 Å². The molecule has 0 fully saturated rings. The molecule has 0 amide bonds. The summed E-state index contributed by atoms with van der Waals surface area (Å²) >= 11 is 0.865. The number of rotatable bonds is 7. The van der Waals surface area contributed by atoms with Crippen molar-refractivity contribution in [3.05, 3.63) is 23.3 Å². The average Bonchev–Trinajstić information content (AvgIpc) is 2.43. The van der Waals surface area contributed by atoms with E-state index in [4.69, 9.17) is 13.4 Å². The summed E-state index contributed by atoms with van der Waals surface area (Å²) in [4.78, 5) is 9.17. The molecule has 1 aromatic carbocycles. The highest BCUT2D eigenvalue weighted by Crippen LogP contribution is 2.43. The van der Waals surface area contributed by atoms with Crippen LogP contribution in [0.2, 0.25) is 0 Å². The van der Waals surface area contributed by atoms with E-state index >= 15 is 0 Å². The van der Waals surface area contributed by atoms with E-state index in [-0.39, 0.29) is 16.6 Å². The molecule has 0 spiro atoms. The fourth-order valence-electron chi connectivity index (χ4n) is 2.03. The zero-order valence-electron chi connectivity index (χ0n) is 15.2. The zero-order valence-corrected chi connectivity index (χ0v) is 18.0. The van der Waals surface area contributed by atoms with Crippen LogP contribution < -0.4 is 0 Å². The molecule has 2 unspecified atom stereocenters. The first-order chi connectivity index (χ1) is 11.3. The molecule has 10 heteroatoms. The van der Waals surface area contributed by atoms with Gasteiger partial charge < -0.3 is 10.00 Å². The Hall–Kier alpha value is -0.330. The molecule has 2 N–H and O–H groups in total. The Kier molecular flexibility index (Phi) is 8.22. The fraction of sp³-hybridized carbons (Fsp3) is 0.600. The van der Waals surface area contributed by atoms with Crippen molar-refractivity contribution in [3.8, 4) is 5.75 Å². The van der Waals surface area contributed by atoms with Crippen LogP contribution in [0.15, 0.2) is 17.0 Å². The maximum atomic E-state index is 11.6. The lowest BCUT2D eigenvalue weighted by molar-refractivity contribution is 0.113. The molecule has 0 radical (unpaired) electrons. The average molecular weight is 412 g/mol. The fourth-order valence-corrected chi connectivity index (χ4v) is 3.65. The summed E-state index contributed by atoms with van der Waals surface area (Å²) in [6, 6.07) is 3.57. The molecule has 0 aliphatic carbocycles. The number of benzene rings is 1. The van der Waals surface area contributed by atoms with E-state index in [1.54, 1.807) is 12.1 Å². The second-order valence-corrected chi connectivity index (χ2v) is 10.4. The van der Waals surface area contributed by atoms with Gasteiger partial charge in [0, 0.05) is 28.1 Å². The Bertz CT molecular complexity index is 615. The SMILES string of the molecule is CC(C)(C)c1cc(SO[PH](=O)OCO[PH](=O)O)cc(C(C)(C)C)c1O. The standard InChI is InChI=1S/C15H26O7P2S/c1-14(2,3)11-7-10(8-12(13(11)16)15(4,5)6)25-22-24(19)21-9-20-23(17)18/h7-8,16,23-24H,9H2,1-6H3,(H,17,18). The van der Waals surface area contributed by atoms with Gasteiger partial charge >= 0.3 is 16.5 Å². The highest BCUT2D eigenvalue weighted by atomic mass is 32.2. The maximum Gasteiger partial charge on any atom is 0.332 e. The third kappa shape index (κ3) is 7.43. The predicted molar refractivity (Wildman–Crippen MR) is 99.7 cm³/mol.